The van der Waals surface area contributed by atoms with Crippen molar-refractivity contribution >= 4 is 0 Å². The summed E-state index contributed by atoms with van der Waals surface area (Å²) in [5.74, 6) is 0. The molecule has 0 aromatic rings. The lowest BCUT2D eigenvalue weighted by atomic mass is 10.1. The van der Waals surface area contributed by atoms with E-state index < -0.39 is 0 Å². The van der Waals surface area contributed by atoms with Crippen molar-refractivity contribution in [1.82, 2.24) is 9.80 Å². The maximum Gasteiger partial charge on any atom is 0.00788 e. The summed E-state index contributed by atoms with van der Waals surface area (Å²) in [4.78, 5) is 5.14. The minimum absolute atomic E-state index is 0.684. The molecule has 0 heterocycles. The third-order valence-corrected chi connectivity index (χ3v) is 3.51. The third-order valence-electron chi connectivity index (χ3n) is 3.51. The van der Waals surface area contributed by atoms with Crippen LogP contribution in [0.4, 0.5) is 0 Å². The fourth-order valence-corrected chi connectivity index (χ4v) is 2.30. The van der Waals surface area contributed by atoms with E-state index in [0.717, 1.165) is 0 Å². The molecule has 2 heteroatoms. The maximum atomic E-state index is 2.60. The van der Waals surface area contributed by atoms with Crippen LogP contribution in [0.25, 0.3) is 0 Å². The van der Waals surface area contributed by atoms with Crippen molar-refractivity contribution in [3.05, 3.63) is 0 Å². The van der Waals surface area contributed by atoms with Crippen LogP contribution >= 0.6 is 0 Å². The average Bonchev–Trinajstić information content (AvgIpc) is 2.25. The Morgan fingerprint density at radius 2 is 1.38 bits per heavy atom. The summed E-state index contributed by atoms with van der Waals surface area (Å²) in [5, 5.41) is 0. The van der Waals surface area contributed by atoms with Gasteiger partial charge in [-0.05, 0) is 59.8 Å². The standard InChI is InChI=1S/C14H32N2/c1-7-11-16(13(4)5)12-10-14(6)15(8-2)9-3/h13-14H,7-12H2,1-6H3. The minimum Gasteiger partial charge on any atom is -0.301 e. The van der Waals surface area contributed by atoms with E-state index in [4.69, 9.17) is 0 Å². The van der Waals surface area contributed by atoms with Gasteiger partial charge in [0.2, 0.25) is 0 Å². The summed E-state index contributed by atoms with van der Waals surface area (Å²) in [6.07, 6.45) is 2.55. The zero-order valence-electron chi connectivity index (χ0n) is 12.3. The van der Waals surface area contributed by atoms with Gasteiger partial charge in [0.15, 0.2) is 0 Å². The molecule has 0 rings (SSSR count). The Bertz CT molecular complexity index is 153. The molecule has 0 spiro atoms. The molecule has 0 N–H and O–H groups in total. The first-order chi connectivity index (χ1) is 7.56. The van der Waals surface area contributed by atoms with Crippen LogP contribution in [-0.4, -0.2) is 48.1 Å². The zero-order chi connectivity index (χ0) is 12.6. The van der Waals surface area contributed by atoms with Gasteiger partial charge in [-0.3, -0.25) is 0 Å². The van der Waals surface area contributed by atoms with Crippen LogP contribution in [0.5, 0.6) is 0 Å². The van der Waals surface area contributed by atoms with Crippen LogP contribution in [0.1, 0.15) is 54.4 Å². The second kappa shape index (κ2) is 9.00. The topological polar surface area (TPSA) is 6.48 Å². The molecule has 98 valence electrons. The van der Waals surface area contributed by atoms with Gasteiger partial charge in [0.25, 0.3) is 0 Å². The van der Waals surface area contributed by atoms with E-state index in [1.165, 1.54) is 39.0 Å². The highest BCUT2D eigenvalue weighted by atomic mass is 15.2. The number of rotatable bonds is 9. The molecule has 1 atom stereocenters. The van der Waals surface area contributed by atoms with E-state index in [-0.39, 0.29) is 0 Å². The van der Waals surface area contributed by atoms with Gasteiger partial charge in [0.05, 0.1) is 0 Å². The molecule has 2 nitrogen and oxygen atoms in total. The van der Waals surface area contributed by atoms with Gasteiger partial charge in [-0.1, -0.05) is 20.8 Å². The van der Waals surface area contributed by atoms with Crippen molar-refractivity contribution in [2.75, 3.05) is 26.2 Å². The molecule has 16 heavy (non-hydrogen) atoms. The van der Waals surface area contributed by atoms with E-state index in [0.29, 0.717) is 12.1 Å². The Labute approximate surface area is 103 Å². The first-order valence-corrected chi connectivity index (χ1v) is 7.04. The highest BCUT2D eigenvalue weighted by Crippen LogP contribution is 2.07. The van der Waals surface area contributed by atoms with Crippen LogP contribution in [0.3, 0.4) is 0 Å². The fraction of sp³-hybridized carbons (Fsp3) is 1.00. The molecule has 0 amide bonds. The molecule has 0 bridgehead atoms. The summed E-state index contributed by atoms with van der Waals surface area (Å²) in [7, 11) is 0. The molecule has 0 aromatic heterocycles. The van der Waals surface area contributed by atoms with Crippen molar-refractivity contribution in [2.45, 2.75) is 66.5 Å². The molecule has 0 aliphatic heterocycles. The molecule has 0 aliphatic carbocycles. The van der Waals surface area contributed by atoms with Crippen LogP contribution < -0.4 is 0 Å². The summed E-state index contributed by atoms with van der Waals surface area (Å²) in [6.45, 7) is 18.6. The van der Waals surface area contributed by atoms with E-state index in [9.17, 15) is 0 Å². The number of hydrogen-bond donors (Lipinski definition) is 0. The number of hydrogen-bond acceptors (Lipinski definition) is 2. The second-order valence-electron chi connectivity index (χ2n) is 4.99. The predicted octanol–water partition coefficient (Wildman–Crippen LogP) is 3.23. The van der Waals surface area contributed by atoms with Gasteiger partial charge < -0.3 is 9.80 Å². The van der Waals surface area contributed by atoms with Gasteiger partial charge in [-0.25, -0.2) is 0 Å². The van der Waals surface area contributed by atoms with Gasteiger partial charge in [-0.15, -0.1) is 0 Å². The number of nitrogens with zero attached hydrogens (tertiary/aromatic N) is 2. The van der Waals surface area contributed by atoms with Crippen molar-refractivity contribution in [1.29, 1.82) is 0 Å². The summed E-state index contributed by atoms with van der Waals surface area (Å²) in [6, 6.07) is 1.40. The predicted molar refractivity (Wildman–Crippen MR) is 74.0 cm³/mol. The summed E-state index contributed by atoms with van der Waals surface area (Å²) in [5.41, 5.74) is 0. The Hall–Kier alpha value is -0.0800. The van der Waals surface area contributed by atoms with Crippen LogP contribution in [0.2, 0.25) is 0 Å². The molecule has 0 saturated heterocycles. The van der Waals surface area contributed by atoms with Crippen molar-refractivity contribution in [3.8, 4) is 0 Å². The quantitative estimate of drug-likeness (QED) is 0.598. The fourth-order valence-electron chi connectivity index (χ4n) is 2.30. The highest BCUT2D eigenvalue weighted by Gasteiger charge is 2.13. The molecular weight excluding hydrogens is 196 g/mol. The normalized spacial score (nSPS) is 14.1. The van der Waals surface area contributed by atoms with Crippen LogP contribution in [-0.2, 0) is 0 Å². The lowest BCUT2D eigenvalue weighted by Crippen LogP contribution is -2.38. The van der Waals surface area contributed by atoms with Crippen LogP contribution in [0, 0.1) is 0 Å². The first-order valence-electron chi connectivity index (χ1n) is 7.04. The molecule has 0 aromatic carbocycles. The summed E-state index contributed by atoms with van der Waals surface area (Å²) < 4.78 is 0. The third kappa shape index (κ3) is 5.86. The Morgan fingerprint density at radius 1 is 0.812 bits per heavy atom. The Balaban J connectivity index is 3.98. The molecule has 0 fully saturated rings. The van der Waals surface area contributed by atoms with E-state index in [1.54, 1.807) is 0 Å². The zero-order valence-corrected chi connectivity index (χ0v) is 12.3. The summed E-state index contributed by atoms with van der Waals surface area (Å²) >= 11 is 0. The minimum atomic E-state index is 0.684. The van der Waals surface area contributed by atoms with Crippen molar-refractivity contribution in [2.24, 2.45) is 0 Å². The van der Waals surface area contributed by atoms with E-state index >= 15 is 0 Å². The molecular formula is C14H32N2. The molecule has 0 saturated carbocycles. The Morgan fingerprint density at radius 3 is 1.75 bits per heavy atom. The monoisotopic (exact) mass is 228 g/mol. The second-order valence-corrected chi connectivity index (χ2v) is 4.99. The highest BCUT2D eigenvalue weighted by molar-refractivity contribution is 4.69. The van der Waals surface area contributed by atoms with Gasteiger partial charge >= 0.3 is 0 Å². The van der Waals surface area contributed by atoms with Gasteiger partial charge in [-0.2, -0.15) is 0 Å². The van der Waals surface area contributed by atoms with Crippen molar-refractivity contribution in [3.63, 3.8) is 0 Å². The molecule has 1 unspecified atom stereocenters. The largest absolute Gasteiger partial charge is 0.301 e. The molecule has 0 aliphatic rings. The van der Waals surface area contributed by atoms with E-state index in [2.05, 4.69) is 51.3 Å². The Kier molecular flexibility index (Phi) is 8.96. The van der Waals surface area contributed by atoms with Crippen LogP contribution in [0.15, 0.2) is 0 Å². The van der Waals surface area contributed by atoms with Crippen molar-refractivity contribution < 1.29 is 0 Å². The lowest BCUT2D eigenvalue weighted by molar-refractivity contribution is 0.168. The maximum absolute atomic E-state index is 2.60. The van der Waals surface area contributed by atoms with Gasteiger partial charge in [0.1, 0.15) is 0 Å². The molecule has 0 radical (unpaired) electrons. The smallest absolute Gasteiger partial charge is 0.00788 e. The average molecular weight is 228 g/mol. The van der Waals surface area contributed by atoms with E-state index in [1.807, 2.05) is 0 Å². The van der Waals surface area contributed by atoms with Gasteiger partial charge in [0, 0.05) is 12.1 Å². The SMILES string of the molecule is CCCN(CCC(C)N(CC)CC)C(C)C. The lowest BCUT2D eigenvalue weighted by Gasteiger charge is -2.31. The first kappa shape index (κ1) is 15.9.